The van der Waals surface area contributed by atoms with Gasteiger partial charge in [0, 0.05) is 0 Å². The molecule has 0 aliphatic carbocycles. The molecule has 1 aliphatic rings. The Morgan fingerprint density at radius 1 is 1.24 bits per heavy atom. The molecule has 5 heteroatoms. The second-order valence-electron chi connectivity index (χ2n) is 3.00. The first-order valence-electron chi connectivity index (χ1n) is 4.60. The number of ether oxygens (including phenoxy) is 2. The lowest BCUT2D eigenvalue weighted by Gasteiger charge is -1.99. The third-order valence-corrected chi connectivity index (χ3v) is 2.06. The molecule has 0 aromatic carbocycles. The third-order valence-electron chi connectivity index (χ3n) is 2.06. The van der Waals surface area contributed by atoms with Gasteiger partial charge in [-0.2, -0.15) is 0 Å². The van der Waals surface area contributed by atoms with Gasteiger partial charge in [0.15, 0.2) is 0 Å². The quantitative estimate of drug-likeness (QED) is 0.312. The molecular weight excluding hydrogens is 224 g/mol. The number of esters is 3. The highest BCUT2D eigenvalue weighted by atomic mass is 16.6. The summed E-state index contributed by atoms with van der Waals surface area (Å²) in [6, 6.07) is 0. The lowest BCUT2D eigenvalue weighted by molar-refractivity contribution is -0.150. The molecule has 0 saturated carbocycles. The van der Waals surface area contributed by atoms with Crippen LogP contribution in [0, 0.1) is 0 Å². The molecule has 1 aliphatic heterocycles. The molecule has 0 saturated heterocycles. The van der Waals surface area contributed by atoms with Gasteiger partial charge in [0.05, 0.1) is 23.8 Å². The average molecular weight is 234 g/mol. The van der Waals surface area contributed by atoms with Crippen molar-refractivity contribution in [2.24, 2.45) is 0 Å². The first-order chi connectivity index (χ1) is 8.04. The lowest BCUT2D eigenvalue weighted by Crippen LogP contribution is -2.05. The first-order valence-corrected chi connectivity index (χ1v) is 4.60. The molecule has 17 heavy (non-hydrogen) atoms. The van der Waals surface area contributed by atoms with Crippen LogP contribution in [0.2, 0.25) is 0 Å². The average Bonchev–Trinajstić information content (AvgIpc) is 2.59. The second kappa shape index (κ2) is 5.07. The van der Waals surface area contributed by atoms with E-state index in [1.807, 2.05) is 0 Å². The van der Waals surface area contributed by atoms with Crippen molar-refractivity contribution in [3.05, 3.63) is 48.1 Å². The monoisotopic (exact) mass is 234 g/mol. The van der Waals surface area contributed by atoms with Crippen LogP contribution in [-0.2, 0) is 23.9 Å². The number of cyclic esters (lactones) is 2. The molecule has 0 atom stereocenters. The van der Waals surface area contributed by atoms with Crippen molar-refractivity contribution in [2.45, 2.75) is 0 Å². The fraction of sp³-hybridized carbons (Fsp3) is 0.0833. The van der Waals surface area contributed by atoms with Crippen LogP contribution >= 0.6 is 0 Å². The highest BCUT2D eigenvalue weighted by Crippen LogP contribution is 2.21. The number of hydrogen-bond donors (Lipinski definition) is 0. The van der Waals surface area contributed by atoms with E-state index in [0.717, 1.165) is 0 Å². The topological polar surface area (TPSA) is 69.7 Å². The summed E-state index contributed by atoms with van der Waals surface area (Å²) < 4.78 is 8.86. The largest absolute Gasteiger partial charge is 0.465 e. The normalized spacial score (nSPS) is 15.7. The number of methoxy groups -OCH3 is 1. The van der Waals surface area contributed by atoms with Gasteiger partial charge in [-0.05, 0) is 6.08 Å². The molecule has 5 nitrogen and oxygen atoms in total. The first kappa shape index (κ1) is 12.6. The molecule has 0 aromatic rings. The van der Waals surface area contributed by atoms with Gasteiger partial charge in [-0.3, -0.25) is 0 Å². The number of rotatable bonds is 4. The summed E-state index contributed by atoms with van der Waals surface area (Å²) in [6.45, 7) is 6.81. The van der Waals surface area contributed by atoms with Crippen molar-refractivity contribution in [3.8, 4) is 0 Å². The molecule has 0 aromatic heterocycles. The molecule has 0 fully saturated rings. The van der Waals surface area contributed by atoms with Gasteiger partial charge in [-0.25, -0.2) is 14.4 Å². The SMILES string of the molecule is C=CC1=C(/C=C(\C=C)C(=O)OC)C(=O)OC1=O. The van der Waals surface area contributed by atoms with Crippen molar-refractivity contribution in [1.29, 1.82) is 0 Å². The Balaban J connectivity index is 3.27. The Morgan fingerprint density at radius 2 is 1.82 bits per heavy atom. The second-order valence-corrected chi connectivity index (χ2v) is 3.00. The van der Waals surface area contributed by atoms with Crippen LogP contribution in [0.1, 0.15) is 0 Å². The molecule has 1 rings (SSSR count). The maximum atomic E-state index is 11.3. The van der Waals surface area contributed by atoms with E-state index in [9.17, 15) is 14.4 Å². The minimum Gasteiger partial charge on any atom is -0.465 e. The van der Waals surface area contributed by atoms with E-state index in [2.05, 4.69) is 22.6 Å². The van der Waals surface area contributed by atoms with Gasteiger partial charge in [-0.15, -0.1) is 0 Å². The van der Waals surface area contributed by atoms with Crippen LogP contribution in [0.5, 0.6) is 0 Å². The molecule has 0 amide bonds. The Kier molecular flexibility index (Phi) is 3.77. The van der Waals surface area contributed by atoms with Crippen LogP contribution in [0.4, 0.5) is 0 Å². The Bertz CT molecular complexity index is 479. The van der Waals surface area contributed by atoms with Crippen molar-refractivity contribution < 1.29 is 23.9 Å². The standard InChI is InChI=1S/C12H10O5/c1-4-7(10(13)16-3)6-9-8(5-2)11(14)17-12(9)15/h4-6H,1-2H2,3H3/b7-6+. The van der Waals surface area contributed by atoms with E-state index in [1.165, 1.54) is 25.3 Å². The summed E-state index contributed by atoms with van der Waals surface area (Å²) >= 11 is 0. The lowest BCUT2D eigenvalue weighted by atomic mass is 10.1. The molecule has 1 heterocycles. The summed E-state index contributed by atoms with van der Waals surface area (Å²) in [7, 11) is 1.20. The summed E-state index contributed by atoms with van der Waals surface area (Å²) in [5.74, 6) is -2.28. The van der Waals surface area contributed by atoms with Crippen LogP contribution in [0.25, 0.3) is 0 Å². The predicted molar refractivity (Wildman–Crippen MR) is 58.6 cm³/mol. The van der Waals surface area contributed by atoms with Gasteiger partial charge in [0.1, 0.15) is 0 Å². The molecule has 0 radical (unpaired) electrons. The highest BCUT2D eigenvalue weighted by Gasteiger charge is 2.30. The zero-order valence-electron chi connectivity index (χ0n) is 9.19. The van der Waals surface area contributed by atoms with Crippen molar-refractivity contribution in [2.75, 3.05) is 7.11 Å². The van der Waals surface area contributed by atoms with Crippen molar-refractivity contribution in [1.82, 2.24) is 0 Å². The molecule has 88 valence electrons. The summed E-state index contributed by atoms with van der Waals surface area (Å²) in [5.41, 5.74) is 0.0250. The summed E-state index contributed by atoms with van der Waals surface area (Å²) in [6.07, 6.45) is 3.59. The van der Waals surface area contributed by atoms with E-state index in [-0.39, 0.29) is 16.7 Å². The van der Waals surface area contributed by atoms with Gasteiger partial charge in [0.25, 0.3) is 0 Å². The highest BCUT2D eigenvalue weighted by molar-refractivity contribution is 6.16. The van der Waals surface area contributed by atoms with Crippen LogP contribution in [0.3, 0.4) is 0 Å². The molecule has 0 N–H and O–H groups in total. The zero-order valence-corrected chi connectivity index (χ0v) is 9.19. The van der Waals surface area contributed by atoms with Gasteiger partial charge in [0.2, 0.25) is 0 Å². The molecule has 0 unspecified atom stereocenters. The van der Waals surface area contributed by atoms with Crippen LogP contribution in [0.15, 0.2) is 48.1 Å². The van der Waals surface area contributed by atoms with E-state index in [4.69, 9.17) is 0 Å². The Hall–Kier alpha value is -2.43. The van der Waals surface area contributed by atoms with Crippen molar-refractivity contribution >= 4 is 17.9 Å². The minimum absolute atomic E-state index is 0.0123. The molecule has 0 bridgehead atoms. The Morgan fingerprint density at radius 3 is 2.29 bits per heavy atom. The zero-order chi connectivity index (χ0) is 13.0. The van der Waals surface area contributed by atoms with Gasteiger partial charge in [-0.1, -0.05) is 25.3 Å². The van der Waals surface area contributed by atoms with Crippen LogP contribution in [-0.4, -0.2) is 25.0 Å². The molecular formula is C12H10O5. The van der Waals surface area contributed by atoms with Gasteiger partial charge >= 0.3 is 17.9 Å². The van der Waals surface area contributed by atoms with Gasteiger partial charge < -0.3 is 9.47 Å². The predicted octanol–water partition coefficient (Wildman–Crippen LogP) is 0.838. The van der Waals surface area contributed by atoms with Crippen molar-refractivity contribution in [3.63, 3.8) is 0 Å². The molecule has 0 spiro atoms. The van der Waals surface area contributed by atoms with E-state index >= 15 is 0 Å². The maximum absolute atomic E-state index is 11.3. The Labute approximate surface area is 97.7 Å². The number of carbonyl (C=O) groups is 3. The van der Waals surface area contributed by atoms with E-state index < -0.39 is 17.9 Å². The smallest absolute Gasteiger partial charge is 0.346 e. The third kappa shape index (κ3) is 2.39. The fourth-order valence-electron chi connectivity index (χ4n) is 1.22. The minimum atomic E-state index is -0.826. The summed E-state index contributed by atoms with van der Waals surface area (Å²) in [4.78, 5) is 33.8. The van der Waals surface area contributed by atoms with E-state index in [0.29, 0.717) is 0 Å². The summed E-state index contributed by atoms with van der Waals surface area (Å²) in [5, 5.41) is 0. The maximum Gasteiger partial charge on any atom is 0.346 e. The fourth-order valence-corrected chi connectivity index (χ4v) is 1.22. The number of hydrogen-bond acceptors (Lipinski definition) is 5. The number of carbonyl (C=O) groups excluding carboxylic acids is 3. The van der Waals surface area contributed by atoms with E-state index in [1.54, 1.807) is 0 Å². The van der Waals surface area contributed by atoms with Crippen LogP contribution < -0.4 is 0 Å².